The third-order valence-electron chi connectivity index (χ3n) is 2.84. The van der Waals surface area contributed by atoms with Gasteiger partial charge in [0, 0.05) is 32.6 Å². The van der Waals surface area contributed by atoms with Gasteiger partial charge in [0.25, 0.3) is 0 Å². The van der Waals surface area contributed by atoms with Crippen LogP contribution in [0.1, 0.15) is 19.8 Å². The fourth-order valence-electron chi connectivity index (χ4n) is 1.63. The van der Waals surface area contributed by atoms with E-state index in [1.54, 1.807) is 6.92 Å². The van der Waals surface area contributed by atoms with Gasteiger partial charge in [-0.3, -0.25) is 4.79 Å². The lowest BCUT2D eigenvalue weighted by Gasteiger charge is -2.32. The Kier molecular flexibility index (Phi) is 5.52. The summed E-state index contributed by atoms with van der Waals surface area (Å²) >= 11 is 0. The van der Waals surface area contributed by atoms with Gasteiger partial charge in [0.1, 0.15) is 0 Å². The molecule has 0 aromatic heterocycles. The summed E-state index contributed by atoms with van der Waals surface area (Å²) < 4.78 is 9.75. The number of nitrogens with one attached hydrogen (secondary N) is 1. The first-order valence-corrected chi connectivity index (χ1v) is 5.98. The third kappa shape index (κ3) is 4.25. The SMILES string of the molecule is CCOC(=O)C(N)C(=O)NCC1(O)CCOCC1. The molecule has 1 fully saturated rings. The lowest BCUT2D eigenvalue weighted by Crippen LogP contribution is -2.52. The second-order valence-corrected chi connectivity index (χ2v) is 4.28. The normalized spacial score (nSPS) is 19.9. The van der Waals surface area contributed by atoms with Gasteiger partial charge in [0.15, 0.2) is 6.04 Å². The van der Waals surface area contributed by atoms with Crippen LogP contribution in [0.25, 0.3) is 0 Å². The van der Waals surface area contributed by atoms with Crippen molar-refractivity contribution in [3.63, 3.8) is 0 Å². The van der Waals surface area contributed by atoms with E-state index in [2.05, 4.69) is 10.1 Å². The van der Waals surface area contributed by atoms with Crippen molar-refractivity contribution in [2.75, 3.05) is 26.4 Å². The molecule has 0 saturated carbocycles. The molecule has 18 heavy (non-hydrogen) atoms. The highest BCUT2D eigenvalue weighted by Crippen LogP contribution is 2.19. The van der Waals surface area contributed by atoms with Crippen molar-refractivity contribution in [1.82, 2.24) is 5.32 Å². The minimum Gasteiger partial charge on any atom is -0.464 e. The Balaban J connectivity index is 2.37. The molecule has 1 rings (SSSR count). The number of carbonyl (C=O) groups excluding carboxylic acids is 2. The second kappa shape index (κ2) is 6.67. The number of aliphatic hydroxyl groups is 1. The number of carbonyl (C=O) groups is 2. The fourth-order valence-corrected chi connectivity index (χ4v) is 1.63. The maximum atomic E-state index is 11.6. The van der Waals surface area contributed by atoms with Crippen molar-refractivity contribution in [2.24, 2.45) is 5.73 Å². The van der Waals surface area contributed by atoms with Gasteiger partial charge in [-0.05, 0) is 6.92 Å². The van der Waals surface area contributed by atoms with E-state index in [1.807, 2.05) is 0 Å². The van der Waals surface area contributed by atoms with Crippen LogP contribution in [0.2, 0.25) is 0 Å². The maximum absolute atomic E-state index is 11.6. The van der Waals surface area contributed by atoms with Gasteiger partial charge in [0.05, 0.1) is 12.2 Å². The van der Waals surface area contributed by atoms with Crippen molar-refractivity contribution in [3.05, 3.63) is 0 Å². The number of amides is 1. The minimum atomic E-state index is -1.35. The molecule has 1 atom stereocenters. The highest BCUT2D eigenvalue weighted by Gasteiger charge is 2.32. The van der Waals surface area contributed by atoms with Gasteiger partial charge in [-0.1, -0.05) is 0 Å². The average molecular weight is 260 g/mol. The molecule has 1 aliphatic heterocycles. The van der Waals surface area contributed by atoms with Crippen molar-refractivity contribution in [3.8, 4) is 0 Å². The molecular formula is C11H20N2O5. The molecule has 0 bridgehead atoms. The predicted molar refractivity (Wildman–Crippen MR) is 62.6 cm³/mol. The molecule has 0 spiro atoms. The first kappa shape index (κ1) is 14.9. The molecule has 4 N–H and O–H groups in total. The lowest BCUT2D eigenvalue weighted by molar-refractivity contribution is -0.148. The lowest BCUT2D eigenvalue weighted by atomic mass is 9.94. The van der Waals surface area contributed by atoms with E-state index in [1.165, 1.54) is 0 Å². The van der Waals surface area contributed by atoms with Crippen LogP contribution in [0.5, 0.6) is 0 Å². The summed E-state index contributed by atoms with van der Waals surface area (Å²) in [5.74, 6) is -1.41. The zero-order valence-corrected chi connectivity index (χ0v) is 10.5. The summed E-state index contributed by atoms with van der Waals surface area (Å²) in [5, 5.41) is 12.6. The van der Waals surface area contributed by atoms with Crippen LogP contribution in [-0.4, -0.2) is 55.0 Å². The summed E-state index contributed by atoms with van der Waals surface area (Å²) in [6.45, 7) is 2.77. The Labute approximate surface area is 106 Å². The molecule has 1 saturated heterocycles. The molecule has 1 amide bonds. The highest BCUT2D eigenvalue weighted by atomic mass is 16.5. The molecule has 0 aromatic carbocycles. The van der Waals surface area contributed by atoms with Gasteiger partial charge in [-0.2, -0.15) is 0 Å². The van der Waals surface area contributed by atoms with E-state index in [9.17, 15) is 14.7 Å². The van der Waals surface area contributed by atoms with Crippen LogP contribution >= 0.6 is 0 Å². The van der Waals surface area contributed by atoms with Crippen LogP contribution in [-0.2, 0) is 19.1 Å². The standard InChI is InChI=1S/C11H20N2O5/c1-2-18-10(15)8(12)9(14)13-7-11(16)3-5-17-6-4-11/h8,16H,2-7,12H2,1H3,(H,13,14). The first-order chi connectivity index (χ1) is 8.48. The Bertz CT molecular complexity index is 302. The molecule has 7 heteroatoms. The third-order valence-corrected chi connectivity index (χ3v) is 2.84. The fraction of sp³-hybridized carbons (Fsp3) is 0.818. The highest BCUT2D eigenvalue weighted by molar-refractivity contribution is 6.01. The minimum absolute atomic E-state index is 0.0578. The van der Waals surface area contributed by atoms with Crippen molar-refractivity contribution < 1.29 is 24.2 Å². The maximum Gasteiger partial charge on any atom is 0.332 e. The number of hydrogen-bond acceptors (Lipinski definition) is 6. The van der Waals surface area contributed by atoms with E-state index in [-0.39, 0.29) is 13.2 Å². The Morgan fingerprint density at radius 1 is 1.50 bits per heavy atom. The molecule has 1 unspecified atom stereocenters. The molecular weight excluding hydrogens is 240 g/mol. The van der Waals surface area contributed by atoms with Crippen LogP contribution in [0, 0.1) is 0 Å². The summed E-state index contributed by atoms with van der Waals surface area (Å²) in [7, 11) is 0. The van der Waals surface area contributed by atoms with Crippen LogP contribution < -0.4 is 11.1 Å². The van der Waals surface area contributed by atoms with E-state index in [0.717, 1.165) is 0 Å². The molecule has 1 aliphatic rings. The second-order valence-electron chi connectivity index (χ2n) is 4.28. The molecule has 7 nitrogen and oxygen atoms in total. The molecule has 0 aliphatic carbocycles. The molecule has 1 heterocycles. The van der Waals surface area contributed by atoms with Crippen molar-refractivity contribution in [2.45, 2.75) is 31.4 Å². The van der Waals surface area contributed by atoms with E-state index in [0.29, 0.717) is 26.1 Å². The van der Waals surface area contributed by atoms with E-state index >= 15 is 0 Å². The molecule has 104 valence electrons. The van der Waals surface area contributed by atoms with Crippen LogP contribution in [0.3, 0.4) is 0 Å². The van der Waals surface area contributed by atoms with Crippen LogP contribution in [0.15, 0.2) is 0 Å². The summed E-state index contributed by atoms with van der Waals surface area (Å²) in [5.41, 5.74) is 4.43. The summed E-state index contributed by atoms with van der Waals surface area (Å²) in [4.78, 5) is 22.8. The van der Waals surface area contributed by atoms with Crippen molar-refractivity contribution >= 4 is 11.9 Å². The predicted octanol–water partition coefficient (Wildman–Crippen LogP) is -1.47. The topological polar surface area (TPSA) is 111 Å². The first-order valence-electron chi connectivity index (χ1n) is 5.98. The zero-order chi connectivity index (χ0) is 13.6. The number of ether oxygens (including phenoxy) is 2. The zero-order valence-electron chi connectivity index (χ0n) is 10.5. The van der Waals surface area contributed by atoms with Gasteiger partial charge in [-0.15, -0.1) is 0 Å². The van der Waals surface area contributed by atoms with Gasteiger partial charge in [-0.25, -0.2) is 4.79 Å². The Morgan fingerprint density at radius 2 is 2.11 bits per heavy atom. The Hall–Kier alpha value is -1.18. The smallest absolute Gasteiger partial charge is 0.332 e. The van der Waals surface area contributed by atoms with Gasteiger partial charge >= 0.3 is 5.97 Å². The summed E-state index contributed by atoms with van der Waals surface area (Å²) in [6, 6.07) is -1.35. The number of nitrogens with two attached hydrogens (primary N) is 1. The van der Waals surface area contributed by atoms with Gasteiger partial charge < -0.3 is 25.6 Å². The molecule has 0 radical (unpaired) electrons. The monoisotopic (exact) mass is 260 g/mol. The largest absolute Gasteiger partial charge is 0.464 e. The van der Waals surface area contributed by atoms with E-state index < -0.39 is 23.5 Å². The van der Waals surface area contributed by atoms with Gasteiger partial charge in [0.2, 0.25) is 5.91 Å². The Morgan fingerprint density at radius 3 is 2.67 bits per heavy atom. The van der Waals surface area contributed by atoms with E-state index in [4.69, 9.17) is 10.5 Å². The quantitative estimate of drug-likeness (QED) is 0.411. The molecule has 0 aromatic rings. The number of hydrogen-bond donors (Lipinski definition) is 3. The number of rotatable bonds is 5. The number of esters is 1. The van der Waals surface area contributed by atoms with Crippen molar-refractivity contribution in [1.29, 1.82) is 0 Å². The summed E-state index contributed by atoms with van der Waals surface area (Å²) in [6.07, 6.45) is 0.893. The average Bonchev–Trinajstić information content (AvgIpc) is 2.36. The van der Waals surface area contributed by atoms with Crippen LogP contribution in [0.4, 0.5) is 0 Å².